The van der Waals surface area contributed by atoms with Crippen molar-refractivity contribution in [3.8, 4) is 0 Å². The summed E-state index contributed by atoms with van der Waals surface area (Å²) in [6, 6.07) is 0. The van der Waals surface area contributed by atoms with Crippen LogP contribution in [-0.2, 0) is 6.54 Å². The van der Waals surface area contributed by atoms with E-state index in [2.05, 4.69) is 25.3 Å². The molecule has 3 aromatic rings. The van der Waals surface area contributed by atoms with Crippen LogP contribution in [-0.4, -0.2) is 25.8 Å². The third-order valence-electron chi connectivity index (χ3n) is 2.51. The molecule has 3 rings (SSSR count). The molecule has 3 heterocycles. The molecule has 0 aromatic carbocycles. The molecule has 0 aliphatic rings. The molecule has 2 N–H and O–H groups in total. The number of aromatic amines is 1. The van der Waals surface area contributed by atoms with Crippen LogP contribution in [0.4, 0.5) is 0 Å². The lowest BCUT2D eigenvalue weighted by atomic mass is 10.2. The number of carbonyl (C=O) groups is 1. The van der Waals surface area contributed by atoms with Gasteiger partial charge in [-0.05, 0) is 0 Å². The lowest BCUT2D eigenvalue weighted by molar-refractivity contribution is 0.0952. The molecular weight excluding hydrogens is 234 g/mol. The first-order valence-electron chi connectivity index (χ1n) is 5.27. The lowest BCUT2D eigenvalue weighted by Crippen LogP contribution is -2.22. The molecule has 7 heteroatoms. The summed E-state index contributed by atoms with van der Waals surface area (Å²) in [7, 11) is 0. The molecule has 0 fully saturated rings. The summed E-state index contributed by atoms with van der Waals surface area (Å²) >= 11 is 0. The lowest BCUT2D eigenvalue weighted by Gasteiger charge is -2.00. The highest BCUT2D eigenvalue weighted by Crippen LogP contribution is 2.14. The highest BCUT2D eigenvalue weighted by atomic mass is 16.3. The van der Waals surface area contributed by atoms with Gasteiger partial charge in [-0.25, -0.2) is 15.0 Å². The van der Waals surface area contributed by atoms with Crippen LogP contribution in [0.15, 0.2) is 35.8 Å². The van der Waals surface area contributed by atoms with Gasteiger partial charge >= 0.3 is 0 Å². The first-order valence-corrected chi connectivity index (χ1v) is 5.27. The summed E-state index contributed by atoms with van der Waals surface area (Å²) in [6.45, 7) is 0.315. The summed E-state index contributed by atoms with van der Waals surface area (Å²) in [5.41, 5.74) is 1.81. The van der Waals surface area contributed by atoms with Gasteiger partial charge in [0.2, 0.25) is 0 Å². The number of H-pyrrole nitrogens is 1. The molecule has 3 aromatic heterocycles. The number of amides is 1. The SMILES string of the molecule is O=C(NCc1cocn1)c1c[nH]c2ncncc12. The van der Waals surface area contributed by atoms with Crippen LogP contribution < -0.4 is 5.32 Å². The van der Waals surface area contributed by atoms with Gasteiger partial charge in [-0.3, -0.25) is 4.79 Å². The maximum atomic E-state index is 12.0. The molecule has 0 aliphatic carbocycles. The zero-order valence-electron chi connectivity index (χ0n) is 9.25. The predicted molar refractivity (Wildman–Crippen MR) is 61.6 cm³/mol. The summed E-state index contributed by atoms with van der Waals surface area (Å²) in [4.78, 5) is 26.7. The second-order valence-electron chi connectivity index (χ2n) is 3.65. The van der Waals surface area contributed by atoms with Gasteiger partial charge in [0.15, 0.2) is 6.39 Å². The zero-order valence-corrected chi connectivity index (χ0v) is 9.25. The van der Waals surface area contributed by atoms with Gasteiger partial charge in [0.05, 0.1) is 17.8 Å². The van der Waals surface area contributed by atoms with Crippen molar-refractivity contribution < 1.29 is 9.21 Å². The van der Waals surface area contributed by atoms with Gasteiger partial charge in [0, 0.05) is 17.8 Å². The maximum absolute atomic E-state index is 12.0. The van der Waals surface area contributed by atoms with E-state index < -0.39 is 0 Å². The fraction of sp³-hybridized carbons (Fsp3) is 0.0909. The van der Waals surface area contributed by atoms with Crippen LogP contribution in [0.5, 0.6) is 0 Å². The third kappa shape index (κ3) is 1.81. The van der Waals surface area contributed by atoms with Crippen molar-refractivity contribution in [2.24, 2.45) is 0 Å². The molecule has 1 amide bonds. The van der Waals surface area contributed by atoms with Crippen LogP contribution in [0.25, 0.3) is 11.0 Å². The molecule has 0 aliphatic heterocycles. The molecule has 0 unspecified atom stereocenters. The Kier molecular flexibility index (Phi) is 2.49. The van der Waals surface area contributed by atoms with Gasteiger partial charge in [0.25, 0.3) is 5.91 Å². The number of hydrogen-bond donors (Lipinski definition) is 2. The summed E-state index contributed by atoms with van der Waals surface area (Å²) in [5, 5.41) is 3.43. The fourth-order valence-electron chi connectivity index (χ4n) is 1.64. The number of nitrogens with zero attached hydrogens (tertiary/aromatic N) is 3. The van der Waals surface area contributed by atoms with E-state index in [9.17, 15) is 4.79 Å². The molecule has 0 radical (unpaired) electrons. The van der Waals surface area contributed by atoms with Gasteiger partial charge in [0.1, 0.15) is 18.2 Å². The quantitative estimate of drug-likeness (QED) is 0.711. The molecule has 0 atom stereocenters. The van der Waals surface area contributed by atoms with E-state index in [4.69, 9.17) is 4.42 Å². The van der Waals surface area contributed by atoms with Gasteiger partial charge in [-0.15, -0.1) is 0 Å². The van der Waals surface area contributed by atoms with Gasteiger partial charge in [-0.2, -0.15) is 0 Å². The number of rotatable bonds is 3. The van der Waals surface area contributed by atoms with E-state index in [1.807, 2.05) is 0 Å². The highest BCUT2D eigenvalue weighted by Gasteiger charge is 2.12. The minimum absolute atomic E-state index is 0.209. The first kappa shape index (κ1) is 10.5. The van der Waals surface area contributed by atoms with Crippen LogP contribution in [0.2, 0.25) is 0 Å². The number of aromatic nitrogens is 4. The summed E-state index contributed by atoms with van der Waals surface area (Å²) in [6.07, 6.45) is 7.44. The molecule has 0 saturated heterocycles. The molecule has 0 saturated carbocycles. The van der Waals surface area contributed by atoms with E-state index in [1.54, 1.807) is 12.4 Å². The third-order valence-corrected chi connectivity index (χ3v) is 2.51. The first-order chi connectivity index (χ1) is 8.84. The van der Waals surface area contributed by atoms with E-state index >= 15 is 0 Å². The Morgan fingerprint density at radius 2 is 2.39 bits per heavy atom. The Morgan fingerprint density at radius 1 is 1.44 bits per heavy atom. The topological polar surface area (TPSA) is 96.7 Å². The molecule has 7 nitrogen and oxygen atoms in total. The maximum Gasteiger partial charge on any atom is 0.253 e. The van der Waals surface area contributed by atoms with E-state index in [1.165, 1.54) is 19.0 Å². The predicted octanol–water partition coefficient (Wildman–Crippen LogP) is 0.876. The van der Waals surface area contributed by atoms with Crippen molar-refractivity contribution in [3.63, 3.8) is 0 Å². The van der Waals surface area contributed by atoms with Crippen molar-refractivity contribution in [1.82, 2.24) is 25.3 Å². The second-order valence-corrected chi connectivity index (χ2v) is 3.65. The summed E-state index contributed by atoms with van der Waals surface area (Å²) < 4.78 is 4.82. The number of carbonyl (C=O) groups excluding carboxylic acids is 1. The van der Waals surface area contributed by atoms with Crippen LogP contribution in [0, 0.1) is 0 Å². The highest BCUT2D eigenvalue weighted by molar-refractivity contribution is 6.05. The van der Waals surface area contributed by atoms with Crippen molar-refractivity contribution in [3.05, 3.63) is 42.6 Å². The van der Waals surface area contributed by atoms with Crippen LogP contribution >= 0.6 is 0 Å². The van der Waals surface area contributed by atoms with Crippen LogP contribution in [0.1, 0.15) is 16.1 Å². The fourth-order valence-corrected chi connectivity index (χ4v) is 1.64. The largest absolute Gasteiger partial charge is 0.451 e. The smallest absolute Gasteiger partial charge is 0.253 e. The molecule has 0 spiro atoms. The molecule has 18 heavy (non-hydrogen) atoms. The van der Waals surface area contributed by atoms with Gasteiger partial charge < -0.3 is 14.7 Å². The second kappa shape index (κ2) is 4.28. The summed E-state index contributed by atoms with van der Waals surface area (Å²) in [5.74, 6) is -0.209. The van der Waals surface area contributed by atoms with Crippen molar-refractivity contribution in [1.29, 1.82) is 0 Å². The number of oxazole rings is 1. The van der Waals surface area contributed by atoms with Crippen molar-refractivity contribution in [2.75, 3.05) is 0 Å². The molecular formula is C11H9N5O2. The van der Waals surface area contributed by atoms with E-state index in [0.717, 1.165) is 0 Å². The van der Waals surface area contributed by atoms with Crippen molar-refractivity contribution in [2.45, 2.75) is 6.54 Å². The Labute approximate surface area is 101 Å². The van der Waals surface area contributed by atoms with Gasteiger partial charge in [-0.1, -0.05) is 0 Å². The standard InChI is InChI=1S/C11H9N5O2/c17-11(14-1-7-4-18-6-16-7)9-3-13-10-8(9)2-12-5-15-10/h2-6H,1H2,(H,14,17)(H,12,13,15). The van der Waals surface area contributed by atoms with E-state index in [0.29, 0.717) is 28.8 Å². The number of fused-ring (bicyclic) bond motifs is 1. The minimum Gasteiger partial charge on any atom is -0.451 e. The Balaban J connectivity index is 1.80. The molecule has 0 bridgehead atoms. The zero-order chi connectivity index (χ0) is 12.4. The number of hydrogen-bond acceptors (Lipinski definition) is 5. The Morgan fingerprint density at radius 3 is 3.22 bits per heavy atom. The Hall–Kier alpha value is -2.70. The average molecular weight is 243 g/mol. The van der Waals surface area contributed by atoms with E-state index in [-0.39, 0.29) is 5.91 Å². The normalized spacial score (nSPS) is 10.7. The minimum atomic E-state index is -0.209. The molecule has 90 valence electrons. The van der Waals surface area contributed by atoms with Crippen LogP contribution in [0.3, 0.4) is 0 Å². The monoisotopic (exact) mass is 243 g/mol. The van der Waals surface area contributed by atoms with Crippen molar-refractivity contribution >= 4 is 16.9 Å². The Bertz CT molecular complexity index is 674. The number of nitrogens with one attached hydrogen (secondary N) is 2. The average Bonchev–Trinajstić information content (AvgIpc) is 3.05.